The van der Waals surface area contributed by atoms with Crippen LogP contribution in [-0.4, -0.2) is 65.6 Å². The highest BCUT2D eigenvalue weighted by molar-refractivity contribution is 7.92. The Bertz CT molecular complexity index is 1600. The molecule has 0 aliphatic heterocycles. The van der Waals surface area contributed by atoms with E-state index in [2.05, 4.69) is 5.32 Å². The fourth-order valence-corrected chi connectivity index (χ4v) is 6.42. The summed E-state index contributed by atoms with van der Waals surface area (Å²) in [6.07, 6.45) is 0.310. The molecule has 3 aromatic carbocycles. The van der Waals surface area contributed by atoms with E-state index >= 15 is 0 Å². The van der Waals surface area contributed by atoms with Gasteiger partial charge in [0.1, 0.15) is 18.3 Å². The van der Waals surface area contributed by atoms with Gasteiger partial charge in [0.15, 0.2) is 11.5 Å². The Balaban J connectivity index is 2.17. The van der Waals surface area contributed by atoms with Crippen LogP contribution in [0, 0.1) is 12.8 Å². The SMILES string of the molecule is CC[C@@H](C(=O)NCC(C)C)N(Cc1cccc(C)c1)C(=O)CN(c1cc(Cl)ccc1OC)S(=O)(=O)c1ccc(OC)c(OC)c1. The van der Waals surface area contributed by atoms with E-state index in [0.29, 0.717) is 18.7 Å². The minimum absolute atomic E-state index is 0.0564. The molecule has 2 amide bonds. The highest BCUT2D eigenvalue weighted by Crippen LogP contribution is 2.37. The number of methoxy groups -OCH3 is 3. The maximum absolute atomic E-state index is 14.4. The minimum Gasteiger partial charge on any atom is -0.495 e. The van der Waals surface area contributed by atoms with Crippen LogP contribution in [0.4, 0.5) is 5.69 Å². The van der Waals surface area contributed by atoms with Crippen LogP contribution in [0.3, 0.4) is 0 Å². The van der Waals surface area contributed by atoms with Gasteiger partial charge in [0.05, 0.1) is 31.9 Å². The summed E-state index contributed by atoms with van der Waals surface area (Å²) in [5.41, 5.74) is 1.84. The first kappa shape index (κ1) is 35.5. The van der Waals surface area contributed by atoms with Crippen molar-refractivity contribution in [1.82, 2.24) is 10.2 Å². The zero-order chi connectivity index (χ0) is 33.3. The van der Waals surface area contributed by atoms with Crippen LogP contribution in [0.5, 0.6) is 17.2 Å². The van der Waals surface area contributed by atoms with E-state index in [9.17, 15) is 18.0 Å². The van der Waals surface area contributed by atoms with E-state index in [4.69, 9.17) is 25.8 Å². The van der Waals surface area contributed by atoms with Crippen molar-refractivity contribution in [2.75, 3.05) is 38.7 Å². The molecule has 45 heavy (non-hydrogen) atoms. The van der Waals surface area contributed by atoms with Crippen LogP contribution < -0.4 is 23.8 Å². The number of anilines is 1. The topological polar surface area (TPSA) is 114 Å². The number of carbonyl (C=O) groups excluding carboxylic acids is 2. The first-order valence-corrected chi connectivity index (χ1v) is 16.4. The third-order valence-electron chi connectivity index (χ3n) is 7.14. The Morgan fingerprint density at radius 2 is 1.58 bits per heavy atom. The number of nitrogens with one attached hydrogen (secondary N) is 1. The molecule has 0 saturated heterocycles. The average Bonchev–Trinajstić information content (AvgIpc) is 3.01. The Kier molecular flexibility index (Phi) is 12.5. The van der Waals surface area contributed by atoms with Crippen LogP contribution >= 0.6 is 11.6 Å². The Morgan fingerprint density at radius 3 is 2.18 bits per heavy atom. The molecule has 0 saturated carbocycles. The number of hydrogen-bond donors (Lipinski definition) is 1. The Hall–Kier alpha value is -3.96. The molecule has 0 aromatic heterocycles. The molecule has 12 heteroatoms. The van der Waals surface area contributed by atoms with E-state index < -0.39 is 28.5 Å². The van der Waals surface area contributed by atoms with Crippen molar-refractivity contribution in [2.24, 2.45) is 5.92 Å². The van der Waals surface area contributed by atoms with Crippen LogP contribution in [0.1, 0.15) is 38.3 Å². The van der Waals surface area contributed by atoms with Crippen molar-refractivity contribution in [2.45, 2.75) is 51.6 Å². The summed E-state index contributed by atoms with van der Waals surface area (Å²) >= 11 is 6.34. The van der Waals surface area contributed by atoms with E-state index in [1.165, 1.54) is 56.6 Å². The number of aryl methyl sites for hydroxylation is 1. The molecule has 244 valence electrons. The van der Waals surface area contributed by atoms with Gasteiger partial charge in [-0.1, -0.05) is 62.2 Å². The second-order valence-electron chi connectivity index (χ2n) is 10.9. The predicted octanol–water partition coefficient (Wildman–Crippen LogP) is 5.45. The summed E-state index contributed by atoms with van der Waals surface area (Å²) in [5.74, 6) is 0.00256. The molecule has 0 aliphatic carbocycles. The molecule has 0 spiro atoms. The third-order valence-corrected chi connectivity index (χ3v) is 9.13. The lowest BCUT2D eigenvalue weighted by Gasteiger charge is -2.33. The monoisotopic (exact) mass is 659 g/mol. The molecule has 0 fully saturated rings. The number of ether oxygens (including phenoxy) is 3. The van der Waals surface area contributed by atoms with Crippen LogP contribution in [0.2, 0.25) is 5.02 Å². The maximum atomic E-state index is 14.4. The summed E-state index contributed by atoms with van der Waals surface area (Å²) in [6, 6.07) is 15.4. The lowest BCUT2D eigenvalue weighted by molar-refractivity contribution is -0.140. The molecule has 0 bridgehead atoms. The van der Waals surface area contributed by atoms with Crippen molar-refractivity contribution in [3.63, 3.8) is 0 Å². The van der Waals surface area contributed by atoms with Crippen molar-refractivity contribution in [3.8, 4) is 17.2 Å². The molecule has 3 aromatic rings. The number of benzene rings is 3. The standard InChI is InChI=1S/C33H42ClN3O7S/c1-8-27(33(39)35-19-22(2)3)36(20-24-11-9-10-23(4)16-24)32(38)21-37(28-17-25(34)12-14-29(28)42-5)45(40,41)26-13-15-30(43-6)31(18-26)44-7/h9-18,22,27H,8,19-21H2,1-7H3,(H,35,39)/t27-/m0/s1. The molecule has 0 unspecified atom stereocenters. The predicted molar refractivity (Wildman–Crippen MR) is 176 cm³/mol. The maximum Gasteiger partial charge on any atom is 0.265 e. The van der Waals surface area contributed by atoms with Crippen molar-refractivity contribution >= 4 is 39.1 Å². The van der Waals surface area contributed by atoms with Crippen molar-refractivity contribution < 1.29 is 32.2 Å². The summed E-state index contributed by atoms with van der Waals surface area (Å²) in [7, 11) is -0.198. The zero-order valence-electron chi connectivity index (χ0n) is 26.8. The molecule has 10 nitrogen and oxygen atoms in total. The number of carbonyl (C=O) groups is 2. The lowest BCUT2D eigenvalue weighted by Crippen LogP contribution is -2.52. The van der Waals surface area contributed by atoms with E-state index in [-0.39, 0.29) is 45.5 Å². The molecular formula is C33H42ClN3O7S. The van der Waals surface area contributed by atoms with Gasteiger partial charge in [-0.05, 0) is 55.2 Å². The highest BCUT2D eigenvalue weighted by Gasteiger charge is 2.35. The number of amides is 2. The molecule has 3 rings (SSSR count). The summed E-state index contributed by atoms with van der Waals surface area (Å²) in [5, 5.41) is 3.17. The Labute approximate surface area is 271 Å². The van der Waals surface area contributed by atoms with Crippen LogP contribution in [0.15, 0.2) is 65.6 Å². The van der Waals surface area contributed by atoms with Gasteiger partial charge in [-0.15, -0.1) is 0 Å². The van der Waals surface area contributed by atoms with Crippen molar-refractivity contribution in [3.05, 3.63) is 76.8 Å². The molecular weight excluding hydrogens is 618 g/mol. The fraction of sp³-hybridized carbons (Fsp3) is 0.394. The van der Waals surface area contributed by atoms with Gasteiger partial charge in [0.2, 0.25) is 11.8 Å². The number of rotatable bonds is 15. The smallest absolute Gasteiger partial charge is 0.265 e. The van der Waals surface area contributed by atoms with Gasteiger partial charge in [-0.2, -0.15) is 0 Å². The van der Waals surface area contributed by atoms with Gasteiger partial charge in [0, 0.05) is 24.2 Å². The van der Waals surface area contributed by atoms with Gasteiger partial charge < -0.3 is 24.4 Å². The van der Waals surface area contributed by atoms with E-state index in [1.807, 2.05) is 52.0 Å². The van der Waals surface area contributed by atoms with Gasteiger partial charge in [0.25, 0.3) is 10.0 Å². The highest BCUT2D eigenvalue weighted by atomic mass is 35.5. The summed E-state index contributed by atoms with van der Waals surface area (Å²) in [4.78, 5) is 29.1. The first-order chi connectivity index (χ1) is 21.4. The summed E-state index contributed by atoms with van der Waals surface area (Å²) in [6.45, 7) is 7.58. The van der Waals surface area contributed by atoms with Gasteiger partial charge in [-0.3, -0.25) is 13.9 Å². The minimum atomic E-state index is -4.43. The largest absolute Gasteiger partial charge is 0.495 e. The normalized spacial score (nSPS) is 11.9. The zero-order valence-corrected chi connectivity index (χ0v) is 28.4. The quantitative estimate of drug-likeness (QED) is 0.231. The van der Waals surface area contributed by atoms with Crippen molar-refractivity contribution in [1.29, 1.82) is 0 Å². The molecule has 1 N–H and O–H groups in total. The number of hydrogen-bond acceptors (Lipinski definition) is 7. The van der Waals surface area contributed by atoms with Gasteiger partial charge >= 0.3 is 0 Å². The number of nitrogens with zero attached hydrogens (tertiary/aromatic N) is 2. The lowest BCUT2D eigenvalue weighted by atomic mass is 10.1. The number of sulfonamides is 1. The molecule has 1 atom stereocenters. The van der Waals surface area contributed by atoms with E-state index in [0.717, 1.165) is 15.4 Å². The first-order valence-electron chi connectivity index (χ1n) is 14.6. The Morgan fingerprint density at radius 1 is 0.911 bits per heavy atom. The summed E-state index contributed by atoms with van der Waals surface area (Å²) < 4.78 is 45.8. The average molecular weight is 660 g/mol. The second-order valence-corrected chi connectivity index (χ2v) is 13.2. The second kappa shape index (κ2) is 15.9. The molecule has 0 aliphatic rings. The third kappa shape index (κ3) is 8.82. The fourth-order valence-electron chi connectivity index (χ4n) is 4.82. The molecule has 0 radical (unpaired) electrons. The van der Waals surface area contributed by atoms with Gasteiger partial charge in [-0.25, -0.2) is 8.42 Å². The molecule has 0 heterocycles. The van der Waals surface area contributed by atoms with Crippen LogP contribution in [0.25, 0.3) is 0 Å². The van der Waals surface area contributed by atoms with Crippen LogP contribution in [-0.2, 0) is 26.2 Å². The van der Waals surface area contributed by atoms with E-state index in [1.54, 1.807) is 6.07 Å². The number of halogens is 1.